The maximum atomic E-state index is 13.8. The lowest BCUT2D eigenvalue weighted by Gasteiger charge is -2.04. The van der Waals surface area contributed by atoms with Gasteiger partial charge in [0.25, 0.3) is 0 Å². The van der Waals surface area contributed by atoms with Crippen molar-refractivity contribution in [1.29, 1.82) is 0 Å². The Hall–Kier alpha value is -2.46. The van der Waals surface area contributed by atoms with Gasteiger partial charge in [-0.25, -0.2) is 9.07 Å². The maximum Gasteiger partial charge on any atom is 0.170 e. The zero-order chi connectivity index (χ0) is 16.4. The minimum atomic E-state index is -0.501. The second-order valence-electron chi connectivity index (χ2n) is 5.33. The summed E-state index contributed by atoms with van der Waals surface area (Å²) in [7, 11) is 0. The zero-order valence-electron chi connectivity index (χ0n) is 12.5. The van der Waals surface area contributed by atoms with Crippen molar-refractivity contribution in [2.24, 2.45) is 0 Å². The first-order chi connectivity index (χ1) is 11.0. The molecule has 0 fully saturated rings. The predicted molar refractivity (Wildman–Crippen MR) is 87.7 cm³/mol. The van der Waals surface area contributed by atoms with Gasteiger partial charge >= 0.3 is 0 Å². The van der Waals surface area contributed by atoms with Crippen LogP contribution >= 0.6 is 11.6 Å². The van der Waals surface area contributed by atoms with Crippen LogP contribution in [0, 0.1) is 12.7 Å². The van der Waals surface area contributed by atoms with Gasteiger partial charge in [0, 0.05) is 12.6 Å². The lowest BCUT2D eigenvalue weighted by atomic mass is 10.0. The molecule has 116 valence electrons. The molecule has 1 aromatic heterocycles. The Bertz CT molecular complexity index is 873. The normalized spacial score (nSPS) is 10.7. The summed E-state index contributed by atoms with van der Waals surface area (Å²) in [6.07, 6.45) is 3.41. The summed E-state index contributed by atoms with van der Waals surface area (Å²) in [4.78, 5) is 12.3. The molecule has 0 bridgehead atoms. The lowest BCUT2D eigenvalue weighted by molar-refractivity contribution is 0.0989. The van der Waals surface area contributed by atoms with E-state index in [1.54, 1.807) is 35.3 Å². The van der Waals surface area contributed by atoms with Crippen molar-refractivity contribution in [3.8, 4) is 5.69 Å². The summed E-state index contributed by atoms with van der Waals surface area (Å²) in [5.74, 6) is -0.774. The Balaban J connectivity index is 1.83. The van der Waals surface area contributed by atoms with Crippen LogP contribution in [0.4, 0.5) is 4.39 Å². The van der Waals surface area contributed by atoms with E-state index in [0.717, 1.165) is 11.3 Å². The molecule has 3 rings (SSSR count). The van der Waals surface area contributed by atoms with Gasteiger partial charge in [-0.1, -0.05) is 35.4 Å². The van der Waals surface area contributed by atoms with E-state index in [1.165, 1.54) is 6.07 Å². The maximum absolute atomic E-state index is 13.8. The molecule has 2 aromatic carbocycles. The quantitative estimate of drug-likeness (QED) is 0.665. The molecule has 1 heterocycles. The number of halogens is 2. The van der Waals surface area contributed by atoms with Crippen LogP contribution in [-0.2, 0) is 6.42 Å². The van der Waals surface area contributed by atoms with Gasteiger partial charge in [0.1, 0.15) is 5.82 Å². The molecule has 0 radical (unpaired) electrons. The number of para-hydroxylation sites is 1. The number of Topliss-reactive ketones (excluding diaryl/α,β-unsaturated/α-hetero) is 1. The van der Waals surface area contributed by atoms with E-state index in [1.807, 2.05) is 25.1 Å². The van der Waals surface area contributed by atoms with Gasteiger partial charge in [-0.3, -0.25) is 4.79 Å². The van der Waals surface area contributed by atoms with Gasteiger partial charge in [-0.15, -0.1) is 0 Å². The van der Waals surface area contributed by atoms with Crippen LogP contribution in [-0.4, -0.2) is 15.6 Å². The fourth-order valence-corrected chi connectivity index (χ4v) is 2.58. The van der Waals surface area contributed by atoms with Crippen molar-refractivity contribution in [1.82, 2.24) is 9.78 Å². The third kappa shape index (κ3) is 3.32. The van der Waals surface area contributed by atoms with E-state index in [-0.39, 0.29) is 17.8 Å². The summed E-state index contributed by atoms with van der Waals surface area (Å²) < 4.78 is 15.4. The number of aryl methyl sites for hydroxylation is 1. The van der Waals surface area contributed by atoms with E-state index in [2.05, 4.69) is 5.10 Å². The van der Waals surface area contributed by atoms with Crippen molar-refractivity contribution < 1.29 is 9.18 Å². The predicted octanol–water partition coefficient (Wildman–Crippen LogP) is 4.40. The number of benzene rings is 2. The third-order valence-corrected chi connectivity index (χ3v) is 3.84. The summed E-state index contributed by atoms with van der Waals surface area (Å²) in [5, 5.41) is 4.79. The molecular formula is C18H14ClFN2O. The minimum Gasteiger partial charge on any atom is -0.294 e. The number of ketones is 1. The van der Waals surface area contributed by atoms with E-state index >= 15 is 0 Å². The van der Waals surface area contributed by atoms with E-state index in [9.17, 15) is 9.18 Å². The molecule has 0 aliphatic heterocycles. The monoisotopic (exact) mass is 328 g/mol. The Morgan fingerprint density at radius 3 is 2.83 bits per heavy atom. The highest BCUT2D eigenvalue weighted by Gasteiger charge is 2.14. The van der Waals surface area contributed by atoms with Crippen LogP contribution < -0.4 is 0 Å². The topological polar surface area (TPSA) is 34.9 Å². The fraction of sp³-hybridized carbons (Fsp3) is 0.111. The third-order valence-electron chi connectivity index (χ3n) is 3.52. The lowest BCUT2D eigenvalue weighted by Crippen LogP contribution is -2.06. The number of carbonyl (C=O) groups excluding carboxylic acids is 1. The van der Waals surface area contributed by atoms with Crippen LogP contribution in [0.5, 0.6) is 0 Å². The average Bonchev–Trinajstić information content (AvgIpc) is 2.98. The molecule has 0 saturated heterocycles. The van der Waals surface area contributed by atoms with Crippen LogP contribution in [0.3, 0.4) is 0 Å². The first-order valence-corrected chi connectivity index (χ1v) is 7.50. The Morgan fingerprint density at radius 2 is 2.04 bits per heavy atom. The van der Waals surface area contributed by atoms with Crippen molar-refractivity contribution >= 4 is 17.4 Å². The highest BCUT2D eigenvalue weighted by molar-refractivity contribution is 6.32. The van der Waals surface area contributed by atoms with Crippen molar-refractivity contribution in [2.75, 3.05) is 0 Å². The largest absolute Gasteiger partial charge is 0.294 e. The molecule has 3 nitrogen and oxygen atoms in total. The highest BCUT2D eigenvalue weighted by atomic mass is 35.5. The van der Waals surface area contributed by atoms with Crippen molar-refractivity contribution in [3.63, 3.8) is 0 Å². The molecule has 0 spiro atoms. The molecule has 5 heteroatoms. The first kappa shape index (κ1) is 15.4. The van der Waals surface area contributed by atoms with Crippen LogP contribution in [0.1, 0.15) is 21.5 Å². The molecule has 0 atom stereocenters. The average molecular weight is 329 g/mol. The first-order valence-electron chi connectivity index (χ1n) is 7.12. The van der Waals surface area contributed by atoms with Crippen molar-refractivity contribution in [2.45, 2.75) is 13.3 Å². The molecule has 0 N–H and O–H groups in total. The van der Waals surface area contributed by atoms with Crippen LogP contribution in [0.15, 0.2) is 54.9 Å². The molecule has 3 aromatic rings. The van der Waals surface area contributed by atoms with E-state index < -0.39 is 5.82 Å². The number of aromatic nitrogens is 2. The molecule has 0 unspecified atom stereocenters. The SMILES string of the molecule is Cc1ccc(F)c(C(=O)Cc2cnn(-c3ccccc3Cl)c2)c1. The highest BCUT2D eigenvalue weighted by Crippen LogP contribution is 2.20. The summed E-state index contributed by atoms with van der Waals surface area (Å²) in [6.45, 7) is 1.83. The molecular weight excluding hydrogens is 315 g/mol. The summed E-state index contributed by atoms with van der Waals surface area (Å²) >= 11 is 6.13. The second kappa shape index (κ2) is 6.34. The molecule has 0 aliphatic carbocycles. The van der Waals surface area contributed by atoms with Gasteiger partial charge < -0.3 is 0 Å². The summed E-state index contributed by atoms with van der Waals surface area (Å²) in [6, 6.07) is 11.8. The number of hydrogen-bond acceptors (Lipinski definition) is 2. The second-order valence-corrected chi connectivity index (χ2v) is 5.74. The van der Waals surface area contributed by atoms with Crippen LogP contribution in [0.2, 0.25) is 5.02 Å². The smallest absolute Gasteiger partial charge is 0.170 e. The molecule has 23 heavy (non-hydrogen) atoms. The number of carbonyl (C=O) groups is 1. The minimum absolute atomic E-state index is 0.0881. The Kier molecular flexibility index (Phi) is 4.26. The zero-order valence-corrected chi connectivity index (χ0v) is 13.2. The molecule has 0 saturated carbocycles. The Morgan fingerprint density at radius 1 is 1.26 bits per heavy atom. The fourth-order valence-electron chi connectivity index (χ4n) is 2.35. The molecule has 0 aliphatic rings. The van der Waals surface area contributed by atoms with Gasteiger partial charge in [0.05, 0.1) is 22.5 Å². The van der Waals surface area contributed by atoms with Gasteiger partial charge in [-0.05, 0) is 36.8 Å². The summed E-state index contributed by atoms with van der Waals surface area (Å²) in [5.41, 5.74) is 2.39. The van der Waals surface area contributed by atoms with Gasteiger partial charge in [-0.2, -0.15) is 5.10 Å². The van der Waals surface area contributed by atoms with E-state index in [4.69, 9.17) is 11.6 Å². The van der Waals surface area contributed by atoms with E-state index in [0.29, 0.717) is 10.6 Å². The standard InChI is InChI=1S/C18H14ClFN2O/c1-12-6-7-16(20)14(8-12)18(23)9-13-10-21-22(11-13)17-5-3-2-4-15(17)19/h2-8,10-11H,9H2,1H3. The number of hydrogen-bond donors (Lipinski definition) is 0. The van der Waals surface area contributed by atoms with Gasteiger partial charge in [0.15, 0.2) is 5.78 Å². The van der Waals surface area contributed by atoms with Crippen LogP contribution in [0.25, 0.3) is 5.69 Å². The number of nitrogens with zero attached hydrogens (tertiary/aromatic N) is 2. The van der Waals surface area contributed by atoms with Gasteiger partial charge in [0.2, 0.25) is 0 Å². The van der Waals surface area contributed by atoms with Crippen molar-refractivity contribution in [3.05, 3.63) is 82.4 Å². The Labute approximate surface area is 138 Å². The number of rotatable bonds is 4. The molecule has 0 amide bonds.